The van der Waals surface area contributed by atoms with Crippen molar-refractivity contribution in [3.63, 3.8) is 0 Å². The number of nitrogens with zero attached hydrogens (tertiary/aromatic N) is 3. The number of methoxy groups -OCH3 is 1. The van der Waals surface area contributed by atoms with Gasteiger partial charge in [0, 0.05) is 24.9 Å². The maximum Gasteiger partial charge on any atom is 0.213 e. The summed E-state index contributed by atoms with van der Waals surface area (Å²) in [5, 5.41) is 10.5. The molecule has 8 heteroatoms. The minimum Gasteiger partial charge on any atom is -0.481 e. The fraction of sp³-hybridized carbons (Fsp3) is 0.471. The monoisotopic (exact) mass is 459 g/mol. The van der Waals surface area contributed by atoms with Gasteiger partial charge in [-0.05, 0) is 24.5 Å². The molecule has 0 aromatic carbocycles. The van der Waals surface area contributed by atoms with E-state index in [2.05, 4.69) is 39.6 Å². The molecule has 0 atom stereocenters. The highest BCUT2D eigenvalue weighted by atomic mass is 127. The molecule has 0 amide bonds. The van der Waals surface area contributed by atoms with Crippen LogP contribution in [0.4, 0.5) is 0 Å². The largest absolute Gasteiger partial charge is 0.481 e. The summed E-state index contributed by atoms with van der Waals surface area (Å²) in [6, 6.07) is 5.76. The average molecular weight is 459 g/mol. The van der Waals surface area contributed by atoms with Gasteiger partial charge in [0.15, 0.2) is 11.7 Å². The first-order valence-electron chi connectivity index (χ1n) is 8.09. The van der Waals surface area contributed by atoms with Crippen LogP contribution in [0, 0.1) is 0 Å². The zero-order valence-corrected chi connectivity index (χ0v) is 17.4. The van der Waals surface area contributed by atoms with Gasteiger partial charge in [0.25, 0.3) is 0 Å². The first-order valence-corrected chi connectivity index (χ1v) is 8.09. The van der Waals surface area contributed by atoms with Gasteiger partial charge in [-0.2, -0.15) is 0 Å². The van der Waals surface area contributed by atoms with E-state index in [1.165, 1.54) is 0 Å². The van der Waals surface area contributed by atoms with Crippen LogP contribution < -0.4 is 15.4 Å². The molecular weight excluding hydrogens is 433 g/mol. The molecule has 25 heavy (non-hydrogen) atoms. The van der Waals surface area contributed by atoms with Crippen LogP contribution in [0.3, 0.4) is 0 Å². The van der Waals surface area contributed by atoms with Gasteiger partial charge in [-0.1, -0.05) is 19.0 Å². The van der Waals surface area contributed by atoms with Crippen molar-refractivity contribution in [3.05, 3.63) is 41.4 Å². The van der Waals surface area contributed by atoms with Gasteiger partial charge in [-0.3, -0.25) is 0 Å². The number of hydrogen-bond donors (Lipinski definition) is 2. The van der Waals surface area contributed by atoms with Crippen molar-refractivity contribution in [2.75, 3.05) is 13.7 Å². The normalized spacial score (nSPS) is 11.2. The highest BCUT2D eigenvalue weighted by Gasteiger charge is 2.08. The quantitative estimate of drug-likeness (QED) is 0.376. The molecule has 0 saturated carbocycles. The van der Waals surface area contributed by atoms with E-state index in [9.17, 15) is 0 Å². The van der Waals surface area contributed by atoms with Gasteiger partial charge in [0.2, 0.25) is 5.88 Å². The fourth-order valence-electron chi connectivity index (χ4n) is 2.03. The summed E-state index contributed by atoms with van der Waals surface area (Å²) in [7, 11) is 1.60. The van der Waals surface area contributed by atoms with Crippen LogP contribution in [0.25, 0.3) is 0 Å². The molecule has 138 valence electrons. The van der Waals surface area contributed by atoms with Gasteiger partial charge >= 0.3 is 0 Å². The Morgan fingerprint density at radius 2 is 2.12 bits per heavy atom. The van der Waals surface area contributed by atoms with Crippen LogP contribution in [-0.4, -0.2) is 29.8 Å². The van der Waals surface area contributed by atoms with Crippen LogP contribution in [0.15, 0.2) is 33.9 Å². The summed E-state index contributed by atoms with van der Waals surface area (Å²) in [5.74, 6) is 2.44. The number of rotatable bonds is 7. The second kappa shape index (κ2) is 10.9. The molecule has 2 aromatic heterocycles. The first-order chi connectivity index (χ1) is 11.6. The zero-order chi connectivity index (χ0) is 17.4. The second-order valence-corrected chi connectivity index (χ2v) is 5.63. The van der Waals surface area contributed by atoms with Crippen LogP contribution in [0.2, 0.25) is 0 Å². The number of ether oxygens (including phenoxy) is 1. The summed E-state index contributed by atoms with van der Waals surface area (Å²) in [4.78, 5) is 8.66. The lowest BCUT2D eigenvalue weighted by molar-refractivity contribution is 0.372. The topological polar surface area (TPSA) is 84.6 Å². The Kier molecular flexibility index (Phi) is 9.25. The lowest BCUT2D eigenvalue weighted by Crippen LogP contribution is -2.36. The van der Waals surface area contributed by atoms with Gasteiger partial charge < -0.3 is 19.9 Å². The highest BCUT2D eigenvalue weighted by Crippen LogP contribution is 2.13. The molecule has 0 aliphatic rings. The summed E-state index contributed by atoms with van der Waals surface area (Å²) >= 11 is 0. The molecular formula is C17H26IN5O2. The van der Waals surface area contributed by atoms with E-state index in [4.69, 9.17) is 9.26 Å². The van der Waals surface area contributed by atoms with Crippen molar-refractivity contribution in [2.45, 2.75) is 39.8 Å². The number of halogens is 1. The highest BCUT2D eigenvalue weighted by molar-refractivity contribution is 14.0. The summed E-state index contributed by atoms with van der Waals surface area (Å²) < 4.78 is 10.5. The standard InChI is InChI=1S/C17H25N5O2.HI/c1-5-18-17(20-10-13-6-7-19-16(8-13)23-4)21-11-14-9-15(12(2)3)22-24-14;/h6-9,12H,5,10-11H2,1-4H3,(H2,18,20,21);1H. The lowest BCUT2D eigenvalue weighted by Gasteiger charge is -2.10. The molecule has 0 radical (unpaired) electrons. The molecule has 2 aromatic rings. The van der Waals surface area contributed by atoms with E-state index in [1.807, 2.05) is 25.1 Å². The Bertz CT molecular complexity index is 673. The number of pyridine rings is 1. The number of aromatic nitrogens is 2. The summed E-state index contributed by atoms with van der Waals surface area (Å²) in [6.45, 7) is 8.04. The van der Waals surface area contributed by atoms with E-state index in [0.29, 0.717) is 24.9 Å². The van der Waals surface area contributed by atoms with E-state index < -0.39 is 0 Å². The number of nitrogens with one attached hydrogen (secondary N) is 2. The Hall–Kier alpha value is -1.84. The number of aliphatic imine (C=N–C) groups is 1. The fourth-order valence-corrected chi connectivity index (χ4v) is 2.03. The van der Waals surface area contributed by atoms with Crippen LogP contribution in [0.5, 0.6) is 5.88 Å². The Labute approximate surface area is 165 Å². The lowest BCUT2D eigenvalue weighted by atomic mass is 10.1. The van der Waals surface area contributed by atoms with Crippen LogP contribution >= 0.6 is 24.0 Å². The number of hydrogen-bond acceptors (Lipinski definition) is 5. The van der Waals surface area contributed by atoms with Crippen molar-refractivity contribution in [2.24, 2.45) is 4.99 Å². The predicted octanol–water partition coefficient (Wildman–Crippen LogP) is 3.07. The Balaban J connectivity index is 0.00000312. The Morgan fingerprint density at radius 3 is 2.76 bits per heavy atom. The van der Waals surface area contributed by atoms with Gasteiger partial charge in [-0.25, -0.2) is 9.98 Å². The van der Waals surface area contributed by atoms with Gasteiger partial charge in [0.05, 0.1) is 25.9 Å². The molecule has 0 aliphatic heterocycles. The van der Waals surface area contributed by atoms with Crippen molar-refractivity contribution in [1.29, 1.82) is 0 Å². The summed E-state index contributed by atoms with van der Waals surface area (Å²) in [5.41, 5.74) is 1.98. The molecule has 0 spiro atoms. The maximum absolute atomic E-state index is 5.33. The van der Waals surface area contributed by atoms with Gasteiger partial charge in [0.1, 0.15) is 0 Å². The molecule has 2 rings (SSSR count). The molecule has 0 bridgehead atoms. The minimum absolute atomic E-state index is 0. The molecule has 0 saturated heterocycles. The van der Waals surface area contributed by atoms with E-state index >= 15 is 0 Å². The maximum atomic E-state index is 5.33. The van der Waals surface area contributed by atoms with Crippen molar-refractivity contribution in [3.8, 4) is 5.88 Å². The zero-order valence-electron chi connectivity index (χ0n) is 15.1. The third-order valence-corrected chi connectivity index (χ3v) is 3.37. The molecule has 2 N–H and O–H groups in total. The predicted molar refractivity (Wildman–Crippen MR) is 108 cm³/mol. The SMILES string of the molecule is CCNC(=NCc1ccnc(OC)c1)NCc1cc(C(C)C)no1.I. The molecule has 0 aliphatic carbocycles. The number of guanidine groups is 1. The van der Waals surface area contributed by atoms with Crippen molar-refractivity contribution >= 4 is 29.9 Å². The third kappa shape index (κ3) is 6.89. The molecule has 7 nitrogen and oxygen atoms in total. The van der Waals surface area contributed by atoms with E-state index in [1.54, 1.807) is 13.3 Å². The molecule has 0 unspecified atom stereocenters. The van der Waals surface area contributed by atoms with E-state index in [0.717, 1.165) is 29.5 Å². The Morgan fingerprint density at radius 1 is 1.32 bits per heavy atom. The van der Waals surface area contributed by atoms with Crippen LogP contribution in [-0.2, 0) is 13.1 Å². The van der Waals surface area contributed by atoms with Crippen LogP contribution in [0.1, 0.15) is 43.7 Å². The van der Waals surface area contributed by atoms with Gasteiger partial charge in [-0.15, -0.1) is 24.0 Å². The molecule has 0 fully saturated rings. The molecule has 2 heterocycles. The second-order valence-electron chi connectivity index (χ2n) is 5.63. The van der Waals surface area contributed by atoms with Crippen molar-refractivity contribution in [1.82, 2.24) is 20.8 Å². The third-order valence-electron chi connectivity index (χ3n) is 3.37. The smallest absolute Gasteiger partial charge is 0.213 e. The average Bonchev–Trinajstić information content (AvgIpc) is 3.07. The van der Waals surface area contributed by atoms with Crippen molar-refractivity contribution < 1.29 is 9.26 Å². The van der Waals surface area contributed by atoms with E-state index in [-0.39, 0.29) is 24.0 Å². The summed E-state index contributed by atoms with van der Waals surface area (Å²) in [6.07, 6.45) is 1.71. The minimum atomic E-state index is 0. The first kappa shape index (κ1) is 21.2.